The SMILES string of the molecule is CCOc1cccc(C(c2ccc(C)cn2)N2CCCCC2C(=O)O)c1. The maximum atomic E-state index is 11.9. The van der Waals surface area contributed by atoms with Crippen LogP contribution in [0.1, 0.15) is 49.0 Å². The fourth-order valence-corrected chi connectivity index (χ4v) is 3.64. The molecule has 0 spiro atoms. The van der Waals surface area contributed by atoms with E-state index in [-0.39, 0.29) is 6.04 Å². The molecule has 0 saturated carbocycles. The molecule has 1 aromatic carbocycles. The fourth-order valence-electron chi connectivity index (χ4n) is 3.64. The van der Waals surface area contributed by atoms with E-state index >= 15 is 0 Å². The van der Waals surface area contributed by atoms with Gasteiger partial charge in [-0.05, 0) is 62.6 Å². The Morgan fingerprint density at radius 2 is 2.19 bits per heavy atom. The molecule has 2 heterocycles. The molecule has 1 aliphatic heterocycles. The monoisotopic (exact) mass is 354 g/mol. The lowest BCUT2D eigenvalue weighted by Gasteiger charge is -2.39. The molecule has 5 heteroatoms. The number of aryl methyl sites for hydroxylation is 1. The smallest absolute Gasteiger partial charge is 0.320 e. The van der Waals surface area contributed by atoms with Gasteiger partial charge in [-0.1, -0.05) is 24.6 Å². The number of likely N-dealkylation sites (tertiary alicyclic amines) is 1. The zero-order valence-corrected chi connectivity index (χ0v) is 15.4. The van der Waals surface area contributed by atoms with Gasteiger partial charge in [0.2, 0.25) is 0 Å². The van der Waals surface area contributed by atoms with Crippen LogP contribution >= 0.6 is 0 Å². The molecule has 138 valence electrons. The summed E-state index contributed by atoms with van der Waals surface area (Å²) in [4.78, 5) is 18.6. The Morgan fingerprint density at radius 3 is 2.88 bits per heavy atom. The van der Waals surface area contributed by atoms with Crippen molar-refractivity contribution in [1.29, 1.82) is 0 Å². The number of carboxylic acids is 1. The Bertz CT molecular complexity index is 745. The van der Waals surface area contributed by atoms with E-state index in [2.05, 4.69) is 9.88 Å². The highest BCUT2D eigenvalue weighted by Gasteiger charge is 2.35. The Morgan fingerprint density at radius 1 is 1.35 bits per heavy atom. The predicted octanol–water partition coefficient (Wildman–Crippen LogP) is 3.82. The van der Waals surface area contributed by atoms with Crippen molar-refractivity contribution >= 4 is 5.97 Å². The number of ether oxygens (including phenoxy) is 1. The first-order chi connectivity index (χ1) is 12.6. The van der Waals surface area contributed by atoms with E-state index in [1.54, 1.807) is 0 Å². The molecule has 0 aliphatic carbocycles. The van der Waals surface area contributed by atoms with Gasteiger partial charge < -0.3 is 9.84 Å². The molecule has 26 heavy (non-hydrogen) atoms. The number of rotatable bonds is 6. The number of aromatic nitrogens is 1. The molecule has 2 aromatic rings. The zero-order chi connectivity index (χ0) is 18.5. The Balaban J connectivity index is 2.05. The Hall–Kier alpha value is -2.40. The van der Waals surface area contributed by atoms with Gasteiger partial charge in [0.25, 0.3) is 0 Å². The second-order valence-electron chi connectivity index (χ2n) is 6.76. The Kier molecular flexibility index (Phi) is 5.89. The number of hydrogen-bond acceptors (Lipinski definition) is 4. The van der Waals surface area contributed by atoms with Gasteiger partial charge in [-0.3, -0.25) is 14.7 Å². The second-order valence-corrected chi connectivity index (χ2v) is 6.76. The molecule has 1 saturated heterocycles. The highest BCUT2D eigenvalue weighted by Crippen LogP contribution is 2.34. The van der Waals surface area contributed by atoms with Crippen molar-refractivity contribution in [2.45, 2.75) is 45.2 Å². The second kappa shape index (κ2) is 8.32. The van der Waals surface area contributed by atoms with Gasteiger partial charge in [0.05, 0.1) is 18.3 Å². The average Bonchev–Trinajstić information content (AvgIpc) is 2.64. The first-order valence-electron chi connectivity index (χ1n) is 9.24. The van der Waals surface area contributed by atoms with Crippen LogP contribution in [0, 0.1) is 6.92 Å². The third-order valence-electron chi connectivity index (χ3n) is 4.86. The molecule has 2 unspecified atom stereocenters. The largest absolute Gasteiger partial charge is 0.494 e. The van der Waals surface area contributed by atoms with Crippen molar-refractivity contribution < 1.29 is 14.6 Å². The highest BCUT2D eigenvalue weighted by molar-refractivity contribution is 5.73. The Labute approximate surface area is 154 Å². The number of carboxylic acid groups (broad SMARTS) is 1. The van der Waals surface area contributed by atoms with Crippen LogP contribution in [0.3, 0.4) is 0 Å². The summed E-state index contributed by atoms with van der Waals surface area (Å²) in [5.74, 6) is 0.0359. The van der Waals surface area contributed by atoms with Crippen LogP contribution in [-0.2, 0) is 4.79 Å². The van der Waals surface area contributed by atoms with E-state index in [0.717, 1.165) is 42.0 Å². The molecular formula is C21H26N2O3. The van der Waals surface area contributed by atoms with Crippen molar-refractivity contribution in [3.8, 4) is 5.75 Å². The number of hydrogen-bond donors (Lipinski definition) is 1. The topological polar surface area (TPSA) is 62.7 Å². The molecule has 2 atom stereocenters. The summed E-state index contributed by atoms with van der Waals surface area (Å²) in [6.07, 6.45) is 4.45. The van der Waals surface area contributed by atoms with Gasteiger partial charge in [-0.2, -0.15) is 0 Å². The molecule has 1 N–H and O–H groups in total. The van der Waals surface area contributed by atoms with E-state index in [0.29, 0.717) is 13.0 Å². The van der Waals surface area contributed by atoms with Gasteiger partial charge in [-0.15, -0.1) is 0 Å². The average molecular weight is 354 g/mol. The molecule has 5 nitrogen and oxygen atoms in total. The number of piperidine rings is 1. The third kappa shape index (κ3) is 4.05. The zero-order valence-electron chi connectivity index (χ0n) is 15.4. The summed E-state index contributed by atoms with van der Waals surface area (Å²) in [7, 11) is 0. The number of pyridine rings is 1. The van der Waals surface area contributed by atoms with Crippen molar-refractivity contribution in [3.63, 3.8) is 0 Å². The normalized spacial score (nSPS) is 19.1. The van der Waals surface area contributed by atoms with Crippen LogP contribution < -0.4 is 4.74 Å². The minimum atomic E-state index is -0.761. The molecule has 1 aliphatic rings. The lowest BCUT2D eigenvalue weighted by Crippen LogP contribution is -2.47. The number of aliphatic carboxylic acids is 1. The number of carbonyl (C=O) groups is 1. The molecule has 1 aromatic heterocycles. The van der Waals surface area contributed by atoms with Gasteiger partial charge in [-0.25, -0.2) is 0 Å². The van der Waals surface area contributed by atoms with Gasteiger partial charge in [0, 0.05) is 6.20 Å². The van der Waals surface area contributed by atoms with Crippen LogP contribution in [0.2, 0.25) is 0 Å². The standard InChI is InChI=1S/C21H26N2O3/c1-3-26-17-8-6-7-16(13-17)20(18-11-10-15(2)14-22-18)23-12-5-4-9-19(23)21(24)25/h6-8,10-11,13-14,19-20H,3-5,9,12H2,1-2H3,(H,24,25). The number of nitrogens with zero attached hydrogens (tertiary/aromatic N) is 2. The van der Waals surface area contributed by atoms with Crippen LogP contribution in [0.25, 0.3) is 0 Å². The first kappa shape index (κ1) is 18.4. The minimum Gasteiger partial charge on any atom is -0.494 e. The maximum Gasteiger partial charge on any atom is 0.320 e. The first-order valence-corrected chi connectivity index (χ1v) is 9.24. The quantitative estimate of drug-likeness (QED) is 0.854. The van der Waals surface area contributed by atoms with E-state index in [9.17, 15) is 9.90 Å². The molecular weight excluding hydrogens is 328 g/mol. The molecule has 0 amide bonds. The van der Waals surface area contributed by atoms with E-state index in [1.807, 2.05) is 56.4 Å². The van der Waals surface area contributed by atoms with Crippen LogP contribution in [-0.4, -0.2) is 40.2 Å². The van der Waals surface area contributed by atoms with Gasteiger partial charge in [0.15, 0.2) is 0 Å². The summed E-state index contributed by atoms with van der Waals surface area (Å²) in [6.45, 7) is 5.30. The lowest BCUT2D eigenvalue weighted by molar-refractivity contribution is -0.145. The highest BCUT2D eigenvalue weighted by atomic mass is 16.5. The van der Waals surface area contributed by atoms with Gasteiger partial charge >= 0.3 is 5.97 Å². The van der Waals surface area contributed by atoms with E-state index in [4.69, 9.17) is 4.74 Å². The third-order valence-corrected chi connectivity index (χ3v) is 4.86. The number of benzene rings is 1. The van der Waals surface area contributed by atoms with E-state index in [1.165, 1.54) is 0 Å². The van der Waals surface area contributed by atoms with Crippen LogP contribution in [0.15, 0.2) is 42.6 Å². The molecule has 0 radical (unpaired) electrons. The van der Waals surface area contributed by atoms with E-state index < -0.39 is 12.0 Å². The minimum absolute atomic E-state index is 0.197. The molecule has 1 fully saturated rings. The summed E-state index contributed by atoms with van der Waals surface area (Å²) < 4.78 is 5.66. The van der Waals surface area contributed by atoms with Gasteiger partial charge in [0.1, 0.15) is 11.8 Å². The van der Waals surface area contributed by atoms with Crippen LogP contribution in [0.5, 0.6) is 5.75 Å². The van der Waals surface area contributed by atoms with Crippen molar-refractivity contribution in [2.24, 2.45) is 0 Å². The predicted molar refractivity (Wildman–Crippen MR) is 100 cm³/mol. The van der Waals surface area contributed by atoms with Crippen molar-refractivity contribution in [3.05, 3.63) is 59.4 Å². The maximum absolute atomic E-state index is 11.9. The molecule has 0 bridgehead atoms. The fraction of sp³-hybridized carbons (Fsp3) is 0.429. The lowest BCUT2D eigenvalue weighted by atomic mass is 9.94. The summed E-state index contributed by atoms with van der Waals surface area (Å²) in [5.41, 5.74) is 2.97. The summed E-state index contributed by atoms with van der Waals surface area (Å²) in [6, 6.07) is 11.3. The van der Waals surface area contributed by atoms with Crippen molar-refractivity contribution in [2.75, 3.05) is 13.2 Å². The van der Waals surface area contributed by atoms with Crippen molar-refractivity contribution in [1.82, 2.24) is 9.88 Å². The summed E-state index contributed by atoms with van der Waals surface area (Å²) >= 11 is 0. The molecule has 3 rings (SSSR count). The summed E-state index contributed by atoms with van der Waals surface area (Å²) in [5, 5.41) is 9.75. The van der Waals surface area contributed by atoms with Crippen LogP contribution in [0.4, 0.5) is 0 Å².